The lowest BCUT2D eigenvalue weighted by atomic mass is 10.2. The number of hydrogen-bond donors (Lipinski definition) is 0. The predicted octanol–water partition coefficient (Wildman–Crippen LogP) is 4.62. The molecule has 0 saturated carbocycles. The van der Waals surface area contributed by atoms with Gasteiger partial charge in [0.15, 0.2) is 0 Å². The Labute approximate surface area is 126 Å². The Bertz CT molecular complexity index is 963. The number of carbonyl (C=O) groups is 1. The average Bonchev–Trinajstić information content (AvgIpc) is 2.89. The summed E-state index contributed by atoms with van der Waals surface area (Å²) in [7, 11) is 0. The number of carbonyl (C=O) groups excluding carboxylic acids is 1. The largest absolute Gasteiger partial charge is 0.276 e. The molecule has 0 radical (unpaired) electrons. The van der Waals surface area contributed by atoms with Crippen molar-refractivity contribution >= 4 is 27.7 Å². The minimum Gasteiger partial charge on any atom is -0.276 e. The molecule has 0 aliphatic heterocycles. The fourth-order valence-electron chi connectivity index (χ4n) is 2.89. The van der Waals surface area contributed by atoms with Crippen LogP contribution in [-0.4, -0.2) is 10.5 Å². The molecule has 106 valence electrons. The maximum absolute atomic E-state index is 13.4. The van der Waals surface area contributed by atoms with Crippen LogP contribution in [0, 0.1) is 5.82 Å². The molecule has 0 aliphatic carbocycles. The van der Waals surface area contributed by atoms with E-state index in [1.165, 1.54) is 12.1 Å². The standard InChI is InChI=1S/C19H12FNO/c20-14-7-5-6-13(12-14)19(22)21-17-10-3-1-8-15(17)16-9-2-4-11-18(16)21/h1-12H. The van der Waals surface area contributed by atoms with Gasteiger partial charge in [0.05, 0.1) is 11.0 Å². The van der Waals surface area contributed by atoms with E-state index in [0.717, 1.165) is 21.8 Å². The lowest BCUT2D eigenvalue weighted by molar-refractivity contribution is 0.0969. The predicted molar refractivity (Wildman–Crippen MR) is 85.6 cm³/mol. The maximum atomic E-state index is 13.4. The van der Waals surface area contributed by atoms with Gasteiger partial charge < -0.3 is 0 Å². The second-order valence-electron chi connectivity index (χ2n) is 5.19. The van der Waals surface area contributed by atoms with Gasteiger partial charge in [-0.05, 0) is 30.3 Å². The molecule has 0 unspecified atom stereocenters. The van der Waals surface area contributed by atoms with E-state index >= 15 is 0 Å². The van der Waals surface area contributed by atoms with Crippen LogP contribution >= 0.6 is 0 Å². The molecule has 1 aromatic heterocycles. The smallest absolute Gasteiger partial charge is 0.262 e. The molecule has 2 nitrogen and oxygen atoms in total. The number of hydrogen-bond acceptors (Lipinski definition) is 1. The third-order valence-corrected chi connectivity index (χ3v) is 3.85. The summed E-state index contributed by atoms with van der Waals surface area (Å²) in [5, 5.41) is 2.03. The van der Waals surface area contributed by atoms with Gasteiger partial charge in [0.2, 0.25) is 0 Å². The molecule has 0 aliphatic rings. The van der Waals surface area contributed by atoms with Crippen molar-refractivity contribution in [2.75, 3.05) is 0 Å². The van der Waals surface area contributed by atoms with E-state index in [1.807, 2.05) is 48.5 Å². The lowest BCUT2D eigenvalue weighted by Crippen LogP contribution is -2.11. The van der Waals surface area contributed by atoms with Crippen LogP contribution in [0.4, 0.5) is 4.39 Å². The molecule has 0 fully saturated rings. The zero-order chi connectivity index (χ0) is 15.1. The molecule has 22 heavy (non-hydrogen) atoms. The maximum Gasteiger partial charge on any atom is 0.262 e. The second-order valence-corrected chi connectivity index (χ2v) is 5.19. The molecule has 4 rings (SSSR count). The van der Waals surface area contributed by atoms with Crippen molar-refractivity contribution < 1.29 is 9.18 Å². The first-order valence-corrected chi connectivity index (χ1v) is 7.04. The summed E-state index contributed by atoms with van der Waals surface area (Å²) in [5.74, 6) is -0.636. The highest BCUT2D eigenvalue weighted by Crippen LogP contribution is 2.29. The normalized spacial score (nSPS) is 11.1. The minimum atomic E-state index is -0.411. The SMILES string of the molecule is O=C(c1cccc(F)c1)n1c2ccccc2c2ccccc21. The van der Waals surface area contributed by atoms with Crippen molar-refractivity contribution in [3.05, 3.63) is 84.2 Å². The van der Waals surface area contributed by atoms with Crippen LogP contribution in [0.15, 0.2) is 72.8 Å². The van der Waals surface area contributed by atoms with E-state index in [1.54, 1.807) is 16.7 Å². The highest BCUT2D eigenvalue weighted by Gasteiger charge is 2.17. The van der Waals surface area contributed by atoms with Crippen LogP contribution in [0.25, 0.3) is 21.8 Å². The van der Waals surface area contributed by atoms with Gasteiger partial charge in [0, 0.05) is 16.3 Å². The number of aromatic nitrogens is 1. The Balaban J connectivity index is 2.06. The summed E-state index contributed by atoms with van der Waals surface area (Å²) in [6.45, 7) is 0. The summed E-state index contributed by atoms with van der Waals surface area (Å²) in [5.41, 5.74) is 2.00. The number of fused-ring (bicyclic) bond motifs is 3. The first-order chi connectivity index (χ1) is 10.8. The molecule has 0 saturated heterocycles. The monoisotopic (exact) mass is 289 g/mol. The third-order valence-electron chi connectivity index (χ3n) is 3.85. The van der Waals surface area contributed by atoms with Crippen LogP contribution < -0.4 is 0 Å². The first-order valence-electron chi connectivity index (χ1n) is 7.04. The van der Waals surface area contributed by atoms with Gasteiger partial charge in [-0.3, -0.25) is 9.36 Å². The molecule has 0 spiro atoms. The van der Waals surface area contributed by atoms with Crippen LogP contribution in [-0.2, 0) is 0 Å². The van der Waals surface area contributed by atoms with Crippen molar-refractivity contribution in [2.45, 2.75) is 0 Å². The van der Waals surface area contributed by atoms with Crippen molar-refractivity contribution in [3.8, 4) is 0 Å². The van der Waals surface area contributed by atoms with Crippen molar-refractivity contribution in [2.24, 2.45) is 0 Å². The summed E-state index contributed by atoms with van der Waals surface area (Å²) in [6.07, 6.45) is 0. The van der Waals surface area contributed by atoms with Crippen molar-refractivity contribution in [1.82, 2.24) is 4.57 Å². The average molecular weight is 289 g/mol. The molecule has 0 atom stereocenters. The minimum absolute atomic E-state index is 0.225. The van der Waals surface area contributed by atoms with Crippen molar-refractivity contribution in [1.29, 1.82) is 0 Å². The fraction of sp³-hybridized carbons (Fsp3) is 0. The van der Waals surface area contributed by atoms with Gasteiger partial charge in [-0.15, -0.1) is 0 Å². The lowest BCUT2D eigenvalue weighted by Gasteiger charge is -2.06. The van der Waals surface area contributed by atoms with E-state index in [9.17, 15) is 9.18 Å². The van der Waals surface area contributed by atoms with Gasteiger partial charge in [-0.1, -0.05) is 42.5 Å². The van der Waals surface area contributed by atoms with Gasteiger partial charge in [0.1, 0.15) is 5.82 Å². The molecule has 3 aromatic carbocycles. The topological polar surface area (TPSA) is 22.0 Å². The third kappa shape index (κ3) is 1.83. The number of halogens is 1. The van der Waals surface area contributed by atoms with Gasteiger partial charge in [0.25, 0.3) is 5.91 Å². The van der Waals surface area contributed by atoms with Gasteiger partial charge in [-0.25, -0.2) is 4.39 Å². The Morgan fingerprint density at radius 2 is 1.36 bits per heavy atom. The Hall–Kier alpha value is -2.94. The number of rotatable bonds is 1. The zero-order valence-electron chi connectivity index (χ0n) is 11.7. The highest BCUT2D eigenvalue weighted by atomic mass is 19.1. The Kier molecular flexibility index (Phi) is 2.79. The number of benzene rings is 3. The highest BCUT2D eigenvalue weighted by molar-refractivity contribution is 6.16. The molecule has 4 aromatic rings. The second kappa shape index (κ2) is 4.81. The van der Waals surface area contributed by atoms with Crippen LogP contribution in [0.5, 0.6) is 0 Å². The number of para-hydroxylation sites is 2. The van der Waals surface area contributed by atoms with E-state index in [0.29, 0.717) is 5.56 Å². The van der Waals surface area contributed by atoms with Crippen molar-refractivity contribution in [3.63, 3.8) is 0 Å². The fourth-order valence-corrected chi connectivity index (χ4v) is 2.89. The molecule has 3 heteroatoms. The van der Waals surface area contributed by atoms with Crippen LogP contribution in [0.1, 0.15) is 10.4 Å². The summed E-state index contributed by atoms with van der Waals surface area (Å²) in [6, 6.07) is 21.3. The summed E-state index contributed by atoms with van der Waals surface area (Å²) < 4.78 is 15.1. The van der Waals surface area contributed by atoms with E-state index in [-0.39, 0.29) is 5.91 Å². The van der Waals surface area contributed by atoms with Gasteiger partial charge in [-0.2, -0.15) is 0 Å². The summed E-state index contributed by atoms with van der Waals surface area (Å²) in [4.78, 5) is 12.9. The van der Waals surface area contributed by atoms with Gasteiger partial charge >= 0.3 is 0 Å². The molecule has 1 heterocycles. The zero-order valence-corrected chi connectivity index (χ0v) is 11.7. The van der Waals surface area contributed by atoms with E-state index < -0.39 is 5.82 Å². The molecule has 0 N–H and O–H groups in total. The van der Waals surface area contributed by atoms with Crippen LogP contribution in [0.3, 0.4) is 0 Å². The van der Waals surface area contributed by atoms with E-state index in [4.69, 9.17) is 0 Å². The molecule has 0 bridgehead atoms. The van der Waals surface area contributed by atoms with E-state index in [2.05, 4.69) is 0 Å². The first kappa shape index (κ1) is 12.8. The summed E-state index contributed by atoms with van der Waals surface area (Å²) >= 11 is 0. The molecular formula is C19H12FNO. The molecular weight excluding hydrogens is 277 g/mol. The Morgan fingerprint density at radius 1 is 0.773 bits per heavy atom. The number of nitrogens with zero attached hydrogens (tertiary/aromatic N) is 1. The quantitative estimate of drug-likeness (QED) is 0.501. The van der Waals surface area contributed by atoms with Crippen LogP contribution in [0.2, 0.25) is 0 Å². The Morgan fingerprint density at radius 3 is 1.95 bits per heavy atom. The molecule has 0 amide bonds.